The predicted molar refractivity (Wildman–Crippen MR) is 104 cm³/mol. The van der Waals surface area contributed by atoms with E-state index in [-0.39, 0.29) is 17.2 Å². The predicted octanol–water partition coefficient (Wildman–Crippen LogP) is 5.35. The molecular formula is C22H24O3. The van der Waals surface area contributed by atoms with Crippen molar-refractivity contribution in [3.63, 3.8) is 0 Å². The minimum Gasteiger partial charge on any atom is -0.508 e. The molecule has 3 N–H and O–H groups in total. The second kappa shape index (κ2) is 7.75. The lowest BCUT2D eigenvalue weighted by Crippen LogP contribution is -1.94. The van der Waals surface area contributed by atoms with Crippen LogP contribution in [0.2, 0.25) is 0 Å². The van der Waals surface area contributed by atoms with E-state index in [1.54, 1.807) is 30.3 Å². The maximum atomic E-state index is 10.7. The summed E-state index contributed by atoms with van der Waals surface area (Å²) < 4.78 is 0. The Morgan fingerprint density at radius 3 is 2.32 bits per heavy atom. The molecule has 0 heterocycles. The highest BCUT2D eigenvalue weighted by Crippen LogP contribution is 2.38. The van der Waals surface area contributed by atoms with Gasteiger partial charge in [-0.2, -0.15) is 0 Å². The van der Waals surface area contributed by atoms with Crippen molar-refractivity contribution in [2.45, 2.75) is 27.2 Å². The van der Waals surface area contributed by atoms with Gasteiger partial charge in [0.1, 0.15) is 17.2 Å². The van der Waals surface area contributed by atoms with Gasteiger partial charge in [-0.1, -0.05) is 42.5 Å². The first-order valence-electron chi connectivity index (χ1n) is 8.13. The molecule has 3 nitrogen and oxygen atoms in total. The zero-order chi connectivity index (χ0) is 18.6. The topological polar surface area (TPSA) is 60.7 Å². The summed E-state index contributed by atoms with van der Waals surface area (Å²) in [6.07, 6.45) is 6.10. The number of aryl methyl sites for hydroxylation is 1. The van der Waals surface area contributed by atoms with Crippen molar-refractivity contribution in [3.05, 3.63) is 76.9 Å². The molecule has 0 amide bonds. The Bertz CT molecular complexity index is 837. The fraction of sp³-hybridized carbons (Fsp3) is 0.182. The van der Waals surface area contributed by atoms with E-state index in [2.05, 4.69) is 6.58 Å². The van der Waals surface area contributed by atoms with E-state index in [4.69, 9.17) is 0 Å². The van der Waals surface area contributed by atoms with Crippen molar-refractivity contribution in [1.82, 2.24) is 0 Å². The Labute approximate surface area is 148 Å². The first kappa shape index (κ1) is 18.4. The van der Waals surface area contributed by atoms with Crippen LogP contribution in [0.1, 0.15) is 36.1 Å². The molecule has 0 atom stereocenters. The van der Waals surface area contributed by atoms with Crippen LogP contribution in [0.25, 0.3) is 11.6 Å². The minimum atomic E-state index is 0.0651. The van der Waals surface area contributed by atoms with Crippen molar-refractivity contribution in [1.29, 1.82) is 0 Å². The summed E-state index contributed by atoms with van der Waals surface area (Å²) in [6, 6.07) is 8.47. The van der Waals surface area contributed by atoms with Crippen molar-refractivity contribution in [2.24, 2.45) is 0 Å². The third-order valence-corrected chi connectivity index (χ3v) is 3.99. The van der Waals surface area contributed by atoms with Gasteiger partial charge in [0.25, 0.3) is 0 Å². The van der Waals surface area contributed by atoms with Crippen LogP contribution >= 0.6 is 0 Å². The molecule has 0 radical (unpaired) electrons. The number of rotatable bonds is 5. The second-order valence-corrected chi connectivity index (χ2v) is 6.35. The molecule has 0 aromatic heterocycles. The van der Waals surface area contributed by atoms with Gasteiger partial charge in [0.2, 0.25) is 0 Å². The van der Waals surface area contributed by atoms with Crippen LogP contribution in [0.5, 0.6) is 17.2 Å². The molecule has 2 rings (SSSR count). The second-order valence-electron chi connectivity index (χ2n) is 6.35. The summed E-state index contributed by atoms with van der Waals surface area (Å²) in [6.45, 7) is 9.83. The normalized spacial score (nSPS) is 10.8. The average Bonchev–Trinajstić information content (AvgIpc) is 2.53. The van der Waals surface area contributed by atoms with Crippen LogP contribution in [0, 0.1) is 6.92 Å². The maximum absolute atomic E-state index is 10.7. The first-order valence-corrected chi connectivity index (χ1v) is 8.13. The Morgan fingerprint density at radius 1 is 1.08 bits per heavy atom. The number of phenolic OH excluding ortho intramolecular Hbond substituents is 3. The van der Waals surface area contributed by atoms with Crippen molar-refractivity contribution >= 4 is 11.6 Å². The smallest absolute Gasteiger partial charge is 0.130 e. The number of hydrogen-bond donors (Lipinski definition) is 3. The fourth-order valence-corrected chi connectivity index (χ4v) is 2.60. The average molecular weight is 336 g/mol. The molecule has 2 aromatic carbocycles. The van der Waals surface area contributed by atoms with Gasteiger partial charge in [0.15, 0.2) is 0 Å². The zero-order valence-corrected chi connectivity index (χ0v) is 14.9. The highest BCUT2D eigenvalue weighted by molar-refractivity contribution is 5.83. The Morgan fingerprint density at radius 2 is 1.72 bits per heavy atom. The van der Waals surface area contributed by atoms with E-state index in [0.29, 0.717) is 23.1 Å². The fourth-order valence-electron chi connectivity index (χ4n) is 2.60. The maximum Gasteiger partial charge on any atom is 0.130 e. The van der Waals surface area contributed by atoms with E-state index in [1.807, 2.05) is 39.0 Å². The van der Waals surface area contributed by atoms with Gasteiger partial charge in [-0.25, -0.2) is 0 Å². The quantitative estimate of drug-likeness (QED) is 0.510. The molecule has 130 valence electrons. The van der Waals surface area contributed by atoms with Crippen LogP contribution in [0.15, 0.2) is 54.6 Å². The summed E-state index contributed by atoms with van der Waals surface area (Å²) >= 11 is 0. The summed E-state index contributed by atoms with van der Waals surface area (Å²) in [5.41, 5.74) is 4.58. The van der Waals surface area contributed by atoms with Gasteiger partial charge in [0, 0.05) is 11.1 Å². The third kappa shape index (κ3) is 4.54. The number of allylic oxidation sites excluding steroid dienone is 4. The molecule has 0 saturated carbocycles. The van der Waals surface area contributed by atoms with E-state index >= 15 is 0 Å². The van der Waals surface area contributed by atoms with E-state index in [1.165, 1.54) is 0 Å². The minimum absolute atomic E-state index is 0.0651. The number of phenols is 3. The van der Waals surface area contributed by atoms with E-state index in [0.717, 1.165) is 16.7 Å². The highest BCUT2D eigenvalue weighted by atomic mass is 16.3. The molecule has 2 aromatic rings. The molecule has 3 heteroatoms. The molecule has 25 heavy (non-hydrogen) atoms. The Hall–Kier alpha value is -2.94. The monoisotopic (exact) mass is 336 g/mol. The third-order valence-electron chi connectivity index (χ3n) is 3.99. The lowest BCUT2D eigenvalue weighted by atomic mass is 9.94. The van der Waals surface area contributed by atoms with Crippen LogP contribution in [-0.4, -0.2) is 15.3 Å². The summed E-state index contributed by atoms with van der Waals surface area (Å²) in [4.78, 5) is 0. The van der Waals surface area contributed by atoms with Crippen LogP contribution in [0.3, 0.4) is 0 Å². The van der Waals surface area contributed by atoms with Crippen LogP contribution < -0.4 is 0 Å². The Kier molecular flexibility index (Phi) is 5.71. The van der Waals surface area contributed by atoms with E-state index in [9.17, 15) is 15.3 Å². The standard InChI is InChI=1S/C22H24O3/c1-14(2)5-12-19-20(24)13-16(4)21(22(19)25)15(3)6-7-17-8-10-18(23)11-9-17/h5-11,13,23-25H,3,12H2,1-2,4H3/b7-6+. The summed E-state index contributed by atoms with van der Waals surface area (Å²) in [7, 11) is 0. The highest BCUT2D eigenvalue weighted by Gasteiger charge is 2.15. The molecule has 0 aliphatic rings. The molecule has 0 fully saturated rings. The summed E-state index contributed by atoms with van der Waals surface area (Å²) in [5, 5.41) is 30.1. The molecule has 0 aliphatic carbocycles. The van der Waals surface area contributed by atoms with Gasteiger partial charge >= 0.3 is 0 Å². The lowest BCUT2D eigenvalue weighted by molar-refractivity contribution is 0.439. The van der Waals surface area contributed by atoms with Gasteiger partial charge < -0.3 is 15.3 Å². The summed E-state index contributed by atoms with van der Waals surface area (Å²) in [5.74, 6) is 0.369. The Balaban J connectivity index is 2.37. The molecule has 0 bridgehead atoms. The molecule has 0 saturated heterocycles. The van der Waals surface area contributed by atoms with Gasteiger partial charge in [0.05, 0.1) is 0 Å². The molecular weight excluding hydrogens is 312 g/mol. The van der Waals surface area contributed by atoms with Gasteiger partial charge in [-0.3, -0.25) is 0 Å². The van der Waals surface area contributed by atoms with Gasteiger partial charge in [-0.05, 0) is 62.1 Å². The SMILES string of the molecule is C=C(/C=C/c1ccc(O)cc1)c1c(C)cc(O)c(CC=C(C)C)c1O. The number of aromatic hydroxyl groups is 3. The van der Waals surface area contributed by atoms with Crippen LogP contribution in [0.4, 0.5) is 0 Å². The molecule has 0 spiro atoms. The zero-order valence-electron chi connectivity index (χ0n) is 14.9. The number of hydrogen-bond acceptors (Lipinski definition) is 3. The van der Waals surface area contributed by atoms with Crippen molar-refractivity contribution in [3.8, 4) is 17.2 Å². The molecule has 0 aliphatic heterocycles. The van der Waals surface area contributed by atoms with Crippen LogP contribution in [-0.2, 0) is 6.42 Å². The van der Waals surface area contributed by atoms with Crippen molar-refractivity contribution < 1.29 is 15.3 Å². The first-order chi connectivity index (χ1) is 11.8. The van der Waals surface area contributed by atoms with Crippen molar-refractivity contribution in [2.75, 3.05) is 0 Å². The largest absolute Gasteiger partial charge is 0.508 e. The van der Waals surface area contributed by atoms with Gasteiger partial charge in [-0.15, -0.1) is 0 Å². The lowest BCUT2D eigenvalue weighted by Gasteiger charge is -2.14. The molecule has 0 unspecified atom stereocenters. The van der Waals surface area contributed by atoms with E-state index < -0.39 is 0 Å². The number of benzene rings is 2.